The minimum atomic E-state index is 0.369. The average molecular weight is 225 g/mol. The van der Waals surface area contributed by atoms with E-state index in [1.165, 1.54) is 25.8 Å². The first-order valence-electron chi connectivity index (χ1n) is 6.96. The summed E-state index contributed by atoms with van der Waals surface area (Å²) < 4.78 is 5.82. The highest BCUT2D eigenvalue weighted by molar-refractivity contribution is 5.05. The summed E-state index contributed by atoms with van der Waals surface area (Å²) in [6.07, 6.45) is 4.34. The van der Waals surface area contributed by atoms with Crippen molar-refractivity contribution in [2.24, 2.45) is 17.3 Å². The molecule has 2 saturated carbocycles. The molecule has 0 saturated heterocycles. The van der Waals surface area contributed by atoms with Gasteiger partial charge in [0, 0.05) is 18.1 Å². The summed E-state index contributed by atoms with van der Waals surface area (Å²) in [4.78, 5) is 0. The highest BCUT2D eigenvalue weighted by Gasteiger charge is 2.51. The van der Waals surface area contributed by atoms with Crippen molar-refractivity contribution in [3.8, 4) is 0 Å². The Bertz CT molecular complexity index is 243. The third-order valence-corrected chi connectivity index (χ3v) is 5.01. The monoisotopic (exact) mass is 225 g/mol. The van der Waals surface area contributed by atoms with Gasteiger partial charge in [-0.1, -0.05) is 20.8 Å². The third-order valence-electron chi connectivity index (χ3n) is 5.01. The van der Waals surface area contributed by atoms with Gasteiger partial charge in [0.25, 0.3) is 0 Å². The van der Waals surface area contributed by atoms with E-state index in [1.807, 2.05) is 0 Å². The van der Waals surface area contributed by atoms with Gasteiger partial charge in [-0.15, -0.1) is 0 Å². The molecular weight excluding hydrogens is 198 g/mol. The molecule has 0 aromatic heterocycles. The van der Waals surface area contributed by atoms with E-state index in [0.29, 0.717) is 17.6 Å². The predicted octanol–water partition coefficient (Wildman–Crippen LogP) is 2.83. The lowest BCUT2D eigenvalue weighted by Crippen LogP contribution is -2.62. The van der Waals surface area contributed by atoms with E-state index >= 15 is 0 Å². The van der Waals surface area contributed by atoms with Gasteiger partial charge in [0.1, 0.15) is 0 Å². The Balaban J connectivity index is 1.78. The quantitative estimate of drug-likeness (QED) is 0.750. The van der Waals surface area contributed by atoms with Gasteiger partial charge >= 0.3 is 0 Å². The maximum Gasteiger partial charge on any atom is 0.0658 e. The highest BCUT2D eigenvalue weighted by Crippen LogP contribution is 2.46. The van der Waals surface area contributed by atoms with E-state index in [-0.39, 0.29) is 0 Å². The molecule has 2 heteroatoms. The minimum Gasteiger partial charge on any atom is -0.378 e. The Hall–Kier alpha value is -0.0800. The first-order valence-corrected chi connectivity index (χ1v) is 6.96. The molecule has 1 N–H and O–H groups in total. The smallest absolute Gasteiger partial charge is 0.0658 e. The van der Waals surface area contributed by atoms with Gasteiger partial charge in [-0.3, -0.25) is 0 Å². The molecule has 2 fully saturated rings. The van der Waals surface area contributed by atoms with Gasteiger partial charge < -0.3 is 10.1 Å². The Morgan fingerprint density at radius 2 is 2.00 bits per heavy atom. The molecule has 0 spiro atoms. The lowest BCUT2D eigenvalue weighted by Gasteiger charge is -2.54. The molecule has 5 unspecified atom stereocenters. The molecule has 0 bridgehead atoms. The molecule has 0 aromatic carbocycles. The van der Waals surface area contributed by atoms with Crippen LogP contribution in [0.4, 0.5) is 0 Å². The number of rotatable bonds is 6. The zero-order valence-electron chi connectivity index (χ0n) is 11.3. The van der Waals surface area contributed by atoms with Crippen LogP contribution in [0.2, 0.25) is 0 Å². The van der Waals surface area contributed by atoms with Crippen LogP contribution in [0.15, 0.2) is 0 Å². The van der Waals surface area contributed by atoms with Crippen LogP contribution in [-0.4, -0.2) is 25.3 Å². The molecule has 2 nitrogen and oxygen atoms in total. The summed E-state index contributed by atoms with van der Waals surface area (Å²) in [6.45, 7) is 11.2. The van der Waals surface area contributed by atoms with E-state index < -0.39 is 0 Å². The van der Waals surface area contributed by atoms with Crippen LogP contribution in [0.25, 0.3) is 0 Å². The van der Waals surface area contributed by atoms with E-state index in [2.05, 4.69) is 33.0 Å². The maximum absolute atomic E-state index is 5.82. The molecule has 0 radical (unpaired) electrons. The van der Waals surface area contributed by atoms with Gasteiger partial charge in [0.2, 0.25) is 0 Å². The average Bonchev–Trinajstić information content (AvgIpc) is 2.97. The lowest BCUT2D eigenvalue weighted by molar-refractivity contribution is -0.125. The second-order valence-corrected chi connectivity index (χ2v) is 5.97. The van der Waals surface area contributed by atoms with Crippen LogP contribution >= 0.6 is 0 Å². The Kier molecular flexibility index (Phi) is 3.60. The van der Waals surface area contributed by atoms with Gasteiger partial charge in [0.05, 0.1) is 6.10 Å². The second-order valence-electron chi connectivity index (χ2n) is 5.97. The third kappa shape index (κ3) is 2.14. The number of hydrogen-bond donors (Lipinski definition) is 1. The van der Waals surface area contributed by atoms with Crippen molar-refractivity contribution in [2.75, 3.05) is 13.2 Å². The molecule has 2 aliphatic rings. The zero-order chi connectivity index (χ0) is 11.8. The minimum absolute atomic E-state index is 0.369. The summed E-state index contributed by atoms with van der Waals surface area (Å²) in [5.41, 5.74) is 0.369. The first kappa shape index (κ1) is 12.4. The normalized spacial score (nSPS) is 46.5. The summed E-state index contributed by atoms with van der Waals surface area (Å²) in [7, 11) is 0. The van der Waals surface area contributed by atoms with Gasteiger partial charge in [0.15, 0.2) is 0 Å². The Labute approximate surface area is 100 Å². The molecule has 2 rings (SSSR count). The van der Waals surface area contributed by atoms with Crippen LogP contribution in [0.5, 0.6) is 0 Å². The molecule has 0 aliphatic heterocycles. The van der Waals surface area contributed by atoms with Crippen molar-refractivity contribution >= 4 is 0 Å². The Morgan fingerprint density at radius 1 is 1.31 bits per heavy atom. The molecule has 0 heterocycles. The van der Waals surface area contributed by atoms with Crippen molar-refractivity contribution in [1.82, 2.24) is 5.32 Å². The van der Waals surface area contributed by atoms with Crippen molar-refractivity contribution < 1.29 is 4.74 Å². The van der Waals surface area contributed by atoms with Crippen LogP contribution in [0.1, 0.15) is 47.0 Å². The summed E-state index contributed by atoms with van der Waals surface area (Å²) in [6, 6.07) is 0.682. The lowest BCUT2D eigenvalue weighted by atomic mass is 9.61. The van der Waals surface area contributed by atoms with Crippen molar-refractivity contribution in [3.05, 3.63) is 0 Å². The summed E-state index contributed by atoms with van der Waals surface area (Å²) in [5.74, 6) is 1.91. The van der Waals surface area contributed by atoms with Crippen molar-refractivity contribution in [2.45, 2.75) is 59.1 Å². The van der Waals surface area contributed by atoms with Gasteiger partial charge in [-0.25, -0.2) is 0 Å². The Morgan fingerprint density at radius 3 is 2.50 bits per heavy atom. The molecule has 0 amide bonds. The molecule has 94 valence electrons. The van der Waals surface area contributed by atoms with E-state index in [4.69, 9.17) is 4.74 Å². The second kappa shape index (κ2) is 4.66. The van der Waals surface area contributed by atoms with E-state index in [0.717, 1.165) is 18.4 Å². The van der Waals surface area contributed by atoms with Crippen LogP contribution < -0.4 is 5.32 Å². The SMILES string of the molecule is CCOC1CC(NCC2CC2C)C1(C)CC. The topological polar surface area (TPSA) is 21.3 Å². The molecule has 0 aromatic rings. The van der Waals surface area contributed by atoms with Crippen LogP contribution in [0, 0.1) is 17.3 Å². The van der Waals surface area contributed by atoms with Gasteiger partial charge in [-0.05, 0) is 44.6 Å². The molecule has 5 atom stereocenters. The maximum atomic E-state index is 5.82. The standard InChI is InChI=1S/C14H27NO/c1-5-14(4)12(8-13(14)16-6-2)15-9-11-7-10(11)3/h10-13,15H,5-9H2,1-4H3. The van der Waals surface area contributed by atoms with Crippen molar-refractivity contribution in [1.29, 1.82) is 0 Å². The van der Waals surface area contributed by atoms with E-state index in [1.54, 1.807) is 0 Å². The molecular formula is C14H27NO. The van der Waals surface area contributed by atoms with Gasteiger partial charge in [-0.2, -0.15) is 0 Å². The summed E-state index contributed by atoms with van der Waals surface area (Å²) >= 11 is 0. The number of nitrogens with one attached hydrogen (secondary N) is 1. The first-order chi connectivity index (χ1) is 7.61. The van der Waals surface area contributed by atoms with Crippen LogP contribution in [0.3, 0.4) is 0 Å². The predicted molar refractivity (Wildman–Crippen MR) is 67.5 cm³/mol. The zero-order valence-corrected chi connectivity index (χ0v) is 11.3. The number of hydrogen-bond acceptors (Lipinski definition) is 2. The largest absolute Gasteiger partial charge is 0.378 e. The number of ether oxygens (including phenoxy) is 1. The fourth-order valence-electron chi connectivity index (χ4n) is 3.04. The summed E-state index contributed by atoms with van der Waals surface area (Å²) in [5, 5.41) is 3.76. The fourth-order valence-corrected chi connectivity index (χ4v) is 3.04. The molecule has 16 heavy (non-hydrogen) atoms. The van der Waals surface area contributed by atoms with Crippen LogP contribution in [-0.2, 0) is 4.74 Å². The fraction of sp³-hybridized carbons (Fsp3) is 1.00. The molecule has 2 aliphatic carbocycles. The highest BCUT2D eigenvalue weighted by atomic mass is 16.5. The van der Waals surface area contributed by atoms with E-state index in [9.17, 15) is 0 Å². The van der Waals surface area contributed by atoms with Crippen molar-refractivity contribution in [3.63, 3.8) is 0 Å².